The molecule has 3 N–H and O–H groups in total. The van der Waals surface area contributed by atoms with E-state index in [0.717, 1.165) is 5.69 Å². The summed E-state index contributed by atoms with van der Waals surface area (Å²) in [5.41, 5.74) is 0.231. The quantitative estimate of drug-likeness (QED) is 0.910. The first-order valence-electron chi connectivity index (χ1n) is 6.44. The molecule has 1 aromatic carbocycles. The predicted molar refractivity (Wildman–Crippen MR) is 80.8 cm³/mol. The summed E-state index contributed by atoms with van der Waals surface area (Å²) in [6.07, 6.45) is 0. The van der Waals surface area contributed by atoms with Gasteiger partial charge in [-0.3, -0.25) is 0 Å². The van der Waals surface area contributed by atoms with Crippen LogP contribution in [0.25, 0.3) is 5.69 Å². The lowest BCUT2D eigenvalue weighted by molar-refractivity contribution is 0.0711. The third kappa shape index (κ3) is 3.75. The zero-order valence-electron chi connectivity index (χ0n) is 12.2. The number of hydrogen-bond donors (Lipinski definition) is 2. The molecule has 0 saturated carbocycles. The lowest BCUT2D eigenvalue weighted by Gasteiger charge is -2.18. The van der Waals surface area contributed by atoms with Crippen molar-refractivity contribution < 1.29 is 9.32 Å². The minimum absolute atomic E-state index is 0.246. The van der Waals surface area contributed by atoms with Crippen LogP contribution in [-0.2, 0) is 16.6 Å². The van der Waals surface area contributed by atoms with E-state index in [1.165, 1.54) is 0 Å². The molecule has 0 saturated heterocycles. The summed E-state index contributed by atoms with van der Waals surface area (Å²) in [4.78, 5) is 0. The van der Waals surface area contributed by atoms with Crippen molar-refractivity contribution in [3.05, 3.63) is 42.1 Å². The lowest BCUT2D eigenvalue weighted by Crippen LogP contribution is -2.20. The van der Waals surface area contributed by atoms with Crippen LogP contribution in [0.15, 0.2) is 41.4 Å². The van der Waals surface area contributed by atoms with Crippen LogP contribution in [-0.4, -0.2) is 19.1 Å². The van der Waals surface area contributed by atoms with Gasteiger partial charge in [0.05, 0.1) is 11.4 Å². The molecule has 0 fully saturated rings. The van der Waals surface area contributed by atoms with Crippen LogP contribution in [0, 0.1) is 0 Å². The van der Waals surface area contributed by atoms with E-state index in [0.29, 0.717) is 5.69 Å². The maximum atomic E-state index is 11.3. The maximum Gasteiger partial charge on any atom is 0.165 e. The van der Waals surface area contributed by atoms with Crippen molar-refractivity contribution in [3.63, 3.8) is 0 Å². The Labute approximate surface area is 122 Å². The Balaban J connectivity index is 0.000000956. The highest BCUT2D eigenvalue weighted by Gasteiger charge is 2.24. The molecule has 1 heterocycles. The molecule has 0 radical (unpaired) electrons. The molecule has 1 atom stereocenters. The number of benzene rings is 1. The van der Waals surface area contributed by atoms with Crippen LogP contribution in [0.5, 0.6) is 0 Å². The number of aromatic nitrogens is 2. The van der Waals surface area contributed by atoms with E-state index in [-0.39, 0.29) is 5.03 Å². The lowest BCUT2D eigenvalue weighted by atomic mass is 10.1. The van der Waals surface area contributed by atoms with Crippen LogP contribution in [0.2, 0.25) is 0 Å². The van der Waals surface area contributed by atoms with Crippen LogP contribution in [0.4, 0.5) is 0 Å². The highest BCUT2D eigenvalue weighted by molar-refractivity contribution is 7.82. The molecular weight excluding hydrogens is 274 g/mol. The van der Waals surface area contributed by atoms with Crippen LogP contribution >= 0.6 is 0 Å². The monoisotopic (exact) mass is 295 g/mol. The smallest absolute Gasteiger partial charge is 0.165 e. The van der Waals surface area contributed by atoms with Crippen molar-refractivity contribution in [1.82, 2.24) is 9.78 Å². The molecule has 0 aliphatic carbocycles. The first-order valence-corrected chi connectivity index (χ1v) is 7.65. The van der Waals surface area contributed by atoms with Crippen LogP contribution < -0.4 is 5.14 Å². The standard InChI is InChI=1S/C12H15N3O2S.C2H6/c1-12(2,16)10-8-11(18(13)17)14-15(10)9-6-4-3-5-7-9;1-2/h3-8,16H,13H2,1-2H3;1-2H3. The molecular formula is C14H21N3O2S. The molecule has 110 valence electrons. The van der Waals surface area contributed by atoms with Crippen molar-refractivity contribution in [1.29, 1.82) is 0 Å². The molecule has 20 heavy (non-hydrogen) atoms. The first-order chi connectivity index (χ1) is 9.39. The van der Waals surface area contributed by atoms with Gasteiger partial charge < -0.3 is 5.11 Å². The van der Waals surface area contributed by atoms with Gasteiger partial charge in [0, 0.05) is 6.07 Å². The van der Waals surface area contributed by atoms with Crippen molar-refractivity contribution in [3.8, 4) is 5.69 Å². The molecule has 0 amide bonds. The zero-order valence-corrected chi connectivity index (χ0v) is 13.0. The number of rotatable bonds is 3. The number of hydrogen-bond acceptors (Lipinski definition) is 3. The minimum atomic E-state index is -1.67. The molecule has 5 nitrogen and oxygen atoms in total. The summed E-state index contributed by atoms with van der Waals surface area (Å²) in [7, 11) is -1.67. The molecule has 6 heteroatoms. The highest BCUT2D eigenvalue weighted by Crippen LogP contribution is 2.24. The van der Waals surface area contributed by atoms with Crippen molar-refractivity contribution in [2.75, 3.05) is 0 Å². The fourth-order valence-corrected chi connectivity index (χ4v) is 2.05. The Morgan fingerprint density at radius 2 is 1.80 bits per heavy atom. The molecule has 0 aliphatic heterocycles. The van der Waals surface area contributed by atoms with Gasteiger partial charge in [0.25, 0.3) is 0 Å². The van der Waals surface area contributed by atoms with E-state index in [4.69, 9.17) is 5.14 Å². The second kappa shape index (κ2) is 6.78. The van der Waals surface area contributed by atoms with Gasteiger partial charge in [-0.2, -0.15) is 5.10 Å². The Kier molecular flexibility index (Phi) is 5.62. The SMILES string of the molecule is CC.CC(C)(O)c1cc(S(N)=O)nn1-c1ccccc1. The summed E-state index contributed by atoms with van der Waals surface area (Å²) in [5, 5.41) is 19.9. The third-order valence-electron chi connectivity index (χ3n) is 2.52. The average Bonchev–Trinajstić information content (AvgIpc) is 2.87. The van der Waals surface area contributed by atoms with Gasteiger partial charge in [-0.1, -0.05) is 32.0 Å². The fraction of sp³-hybridized carbons (Fsp3) is 0.357. The summed E-state index contributed by atoms with van der Waals surface area (Å²) >= 11 is 0. The van der Waals surface area contributed by atoms with Crippen molar-refractivity contribution in [2.45, 2.75) is 38.3 Å². The van der Waals surface area contributed by atoms with Gasteiger partial charge in [-0.25, -0.2) is 14.0 Å². The van der Waals surface area contributed by atoms with E-state index in [1.807, 2.05) is 44.2 Å². The predicted octanol–water partition coefficient (Wildman–Crippen LogP) is 2.11. The third-order valence-corrected chi connectivity index (χ3v) is 3.13. The number of nitrogens with two attached hydrogens (primary N) is 1. The summed E-state index contributed by atoms with van der Waals surface area (Å²) in [5.74, 6) is 0. The summed E-state index contributed by atoms with van der Waals surface area (Å²) in [6.45, 7) is 7.29. The normalized spacial score (nSPS) is 12.5. The first kappa shape index (κ1) is 16.6. The van der Waals surface area contributed by atoms with Gasteiger partial charge in [0.15, 0.2) is 5.03 Å². The van der Waals surface area contributed by atoms with E-state index >= 15 is 0 Å². The fourth-order valence-electron chi connectivity index (χ4n) is 1.66. The molecule has 0 aliphatic rings. The van der Waals surface area contributed by atoms with Gasteiger partial charge in [0.1, 0.15) is 16.6 Å². The van der Waals surface area contributed by atoms with E-state index < -0.39 is 16.6 Å². The largest absolute Gasteiger partial charge is 0.384 e. The van der Waals surface area contributed by atoms with Crippen molar-refractivity contribution in [2.24, 2.45) is 5.14 Å². The highest BCUT2D eigenvalue weighted by atomic mass is 32.2. The van der Waals surface area contributed by atoms with Gasteiger partial charge >= 0.3 is 0 Å². The van der Waals surface area contributed by atoms with E-state index in [1.54, 1.807) is 24.6 Å². The molecule has 0 bridgehead atoms. The Bertz CT molecular complexity index is 574. The van der Waals surface area contributed by atoms with Crippen LogP contribution in [0.3, 0.4) is 0 Å². The number of para-hydroxylation sites is 1. The van der Waals surface area contributed by atoms with Gasteiger partial charge in [0.2, 0.25) is 0 Å². The number of aliphatic hydroxyl groups is 1. The van der Waals surface area contributed by atoms with Gasteiger partial charge in [-0.05, 0) is 26.0 Å². The molecule has 2 rings (SSSR count). The molecule has 1 unspecified atom stereocenters. The Hall–Kier alpha value is -1.50. The molecule has 0 spiro atoms. The maximum absolute atomic E-state index is 11.3. The average molecular weight is 295 g/mol. The topological polar surface area (TPSA) is 81.1 Å². The van der Waals surface area contributed by atoms with Crippen molar-refractivity contribution >= 4 is 11.0 Å². The zero-order chi connectivity index (χ0) is 15.3. The minimum Gasteiger partial charge on any atom is -0.384 e. The van der Waals surface area contributed by atoms with E-state index in [9.17, 15) is 9.32 Å². The van der Waals surface area contributed by atoms with Gasteiger partial charge in [-0.15, -0.1) is 0 Å². The van der Waals surface area contributed by atoms with Crippen LogP contribution in [0.1, 0.15) is 33.4 Å². The summed E-state index contributed by atoms with van der Waals surface area (Å²) < 4.78 is 12.9. The molecule has 1 aromatic heterocycles. The van der Waals surface area contributed by atoms with E-state index in [2.05, 4.69) is 5.10 Å². The Morgan fingerprint density at radius 3 is 2.25 bits per heavy atom. The second-order valence-corrected chi connectivity index (χ2v) is 5.48. The molecule has 2 aromatic rings. The summed E-state index contributed by atoms with van der Waals surface area (Å²) in [6, 6.07) is 10.9. The number of nitrogens with zero attached hydrogens (tertiary/aromatic N) is 2. The Morgan fingerprint density at radius 1 is 1.25 bits per heavy atom. The second-order valence-electron chi connectivity index (χ2n) is 4.47.